The van der Waals surface area contributed by atoms with Crippen LogP contribution in [-0.4, -0.2) is 45.2 Å². The van der Waals surface area contributed by atoms with Crippen LogP contribution in [0.1, 0.15) is 52.4 Å². The van der Waals surface area contributed by atoms with Gasteiger partial charge in [-0.15, -0.1) is 11.8 Å². The van der Waals surface area contributed by atoms with Crippen molar-refractivity contribution >= 4 is 35.4 Å². The lowest BCUT2D eigenvalue weighted by molar-refractivity contribution is -0.137. The van der Waals surface area contributed by atoms with Gasteiger partial charge in [0.05, 0.1) is 11.8 Å². The van der Waals surface area contributed by atoms with Crippen LogP contribution in [0, 0.1) is 11.8 Å². The molecule has 0 radical (unpaired) electrons. The first-order valence-corrected chi connectivity index (χ1v) is 10.8. The van der Waals surface area contributed by atoms with Crippen molar-refractivity contribution < 1.29 is 19.2 Å². The molecule has 0 bridgehead atoms. The molecule has 4 aliphatic rings. The van der Waals surface area contributed by atoms with Gasteiger partial charge in [-0.2, -0.15) is 0 Å². The molecule has 4 amide bonds. The largest absolute Gasteiger partial charge is 0.269 e. The monoisotopic (exact) mass is 388 g/mol. The van der Waals surface area contributed by atoms with E-state index in [4.69, 9.17) is 0 Å². The molecule has 2 unspecified atom stereocenters. The van der Waals surface area contributed by atoms with Crippen LogP contribution in [0.3, 0.4) is 0 Å². The zero-order valence-corrected chi connectivity index (χ0v) is 16.6. The molecule has 2 atom stereocenters. The molecular formula is C20H24N2O4S. The Kier molecular flexibility index (Phi) is 4.74. The van der Waals surface area contributed by atoms with Crippen molar-refractivity contribution in [2.75, 3.05) is 11.8 Å². The molecule has 0 aromatic carbocycles. The number of nitrogens with zero attached hydrogens (tertiary/aromatic N) is 2. The summed E-state index contributed by atoms with van der Waals surface area (Å²) in [7, 11) is 0. The van der Waals surface area contributed by atoms with E-state index in [9.17, 15) is 19.2 Å². The van der Waals surface area contributed by atoms with Gasteiger partial charge < -0.3 is 0 Å². The van der Waals surface area contributed by atoms with Crippen LogP contribution in [0.15, 0.2) is 22.3 Å². The fraction of sp³-hybridized carbons (Fsp3) is 0.600. The van der Waals surface area contributed by atoms with Crippen LogP contribution >= 0.6 is 11.8 Å². The van der Waals surface area contributed by atoms with E-state index < -0.39 is 0 Å². The van der Waals surface area contributed by atoms with Crippen LogP contribution in [0.5, 0.6) is 0 Å². The molecule has 4 rings (SSSR count). The molecule has 7 heteroatoms. The Labute approximate surface area is 163 Å². The van der Waals surface area contributed by atoms with Crippen LogP contribution < -0.4 is 0 Å². The smallest absolute Gasteiger partial charge is 0.258 e. The Hall–Kier alpha value is -1.89. The Morgan fingerprint density at radius 2 is 1.15 bits per heavy atom. The van der Waals surface area contributed by atoms with E-state index in [-0.39, 0.29) is 47.2 Å². The van der Waals surface area contributed by atoms with Gasteiger partial charge in [0.15, 0.2) is 0 Å². The van der Waals surface area contributed by atoms with E-state index in [0.717, 1.165) is 25.7 Å². The Balaban J connectivity index is 1.39. The van der Waals surface area contributed by atoms with Crippen molar-refractivity contribution in [2.45, 2.75) is 52.4 Å². The van der Waals surface area contributed by atoms with E-state index >= 15 is 0 Å². The second kappa shape index (κ2) is 6.93. The minimum absolute atomic E-state index is 0.124. The lowest BCUT2D eigenvalue weighted by Crippen LogP contribution is -2.35. The van der Waals surface area contributed by atoms with E-state index in [1.807, 2.05) is 13.8 Å². The summed E-state index contributed by atoms with van der Waals surface area (Å²) in [5.74, 6) is -0.180. The minimum Gasteiger partial charge on any atom is -0.269 e. The molecule has 0 saturated heterocycles. The zero-order chi connectivity index (χ0) is 19.3. The number of carbonyl (C=O) groups is 4. The maximum absolute atomic E-state index is 12.6. The third kappa shape index (κ3) is 2.87. The van der Waals surface area contributed by atoms with Gasteiger partial charge >= 0.3 is 0 Å². The van der Waals surface area contributed by atoms with Gasteiger partial charge in [-0.3, -0.25) is 29.0 Å². The first-order chi connectivity index (χ1) is 12.9. The van der Waals surface area contributed by atoms with E-state index in [1.54, 1.807) is 0 Å². The third-order valence-electron chi connectivity index (χ3n) is 6.16. The summed E-state index contributed by atoms with van der Waals surface area (Å²) in [6.45, 7) is 3.99. The zero-order valence-electron chi connectivity index (χ0n) is 15.7. The molecule has 0 N–H and O–H groups in total. The molecule has 144 valence electrons. The van der Waals surface area contributed by atoms with Crippen molar-refractivity contribution in [3.63, 3.8) is 0 Å². The second-order valence-electron chi connectivity index (χ2n) is 7.91. The SMILES string of the molecule is CC1CCCC2=C1C(=O)N(CSCN1C(=O)C3=C(C1=O)C(C)CCC3)C2=O. The van der Waals surface area contributed by atoms with Crippen molar-refractivity contribution in [3.05, 3.63) is 22.3 Å². The normalized spacial score (nSPS) is 28.5. The highest BCUT2D eigenvalue weighted by Gasteiger charge is 2.43. The number of rotatable bonds is 4. The summed E-state index contributed by atoms with van der Waals surface area (Å²) < 4.78 is 0. The third-order valence-corrected chi connectivity index (χ3v) is 7.04. The summed E-state index contributed by atoms with van der Waals surface area (Å²) in [6, 6.07) is 0. The van der Waals surface area contributed by atoms with Gasteiger partial charge in [-0.25, -0.2) is 0 Å². The molecule has 0 saturated carbocycles. The van der Waals surface area contributed by atoms with Crippen LogP contribution in [0.25, 0.3) is 0 Å². The molecule has 2 aliphatic heterocycles. The highest BCUT2D eigenvalue weighted by atomic mass is 32.2. The first kappa shape index (κ1) is 18.5. The molecule has 0 spiro atoms. The van der Waals surface area contributed by atoms with E-state index in [0.29, 0.717) is 35.1 Å². The molecule has 2 aliphatic carbocycles. The Morgan fingerprint density at radius 3 is 1.52 bits per heavy atom. The van der Waals surface area contributed by atoms with Crippen LogP contribution in [-0.2, 0) is 19.2 Å². The molecule has 0 fully saturated rings. The summed E-state index contributed by atoms with van der Waals surface area (Å²) in [5, 5.41) is 0. The maximum Gasteiger partial charge on any atom is 0.258 e. The predicted molar refractivity (Wildman–Crippen MR) is 101 cm³/mol. The lowest BCUT2D eigenvalue weighted by atomic mass is 9.85. The van der Waals surface area contributed by atoms with Gasteiger partial charge in [-0.05, 0) is 50.4 Å². The average Bonchev–Trinajstić information content (AvgIpc) is 3.03. The van der Waals surface area contributed by atoms with Gasteiger partial charge in [0.1, 0.15) is 0 Å². The molecule has 2 heterocycles. The first-order valence-electron chi connectivity index (χ1n) is 9.68. The quantitative estimate of drug-likeness (QED) is 0.692. The number of hydrogen-bond acceptors (Lipinski definition) is 5. The predicted octanol–water partition coefficient (Wildman–Crippen LogP) is 2.61. The highest BCUT2D eigenvalue weighted by molar-refractivity contribution is 7.99. The minimum atomic E-state index is -0.195. The van der Waals surface area contributed by atoms with Crippen LogP contribution in [0.2, 0.25) is 0 Å². The standard InChI is InChI=1S/C20H24N2O4S/c1-11-5-3-7-13-15(11)19(25)21(17(13)23)9-27-10-22-18(24)14-8-4-6-12(2)16(14)20(22)26/h11-12H,3-10H2,1-2H3. The van der Waals surface area contributed by atoms with Crippen molar-refractivity contribution in [2.24, 2.45) is 11.8 Å². The molecule has 6 nitrogen and oxygen atoms in total. The maximum atomic E-state index is 12.6. The number of amides is 4. The number of thioether (sulfide) groups is 1. The fourth-order valence-electron chi connectivity index (χ4n) is 4.71. The van der Waals surface area contributed by atoms with Gasteiger partial charge in [-0.1, -0.05) is 13.8 Å². The molecule has 0 aromatic heterocycles. The number of hydrogen-bond donors (Lipinski definition) is 0. The van der Waals surface area contributed by atoms with Crippen LogP contribution in [0.4, 0.5) is 0 Å². The van der Waals surface area contributed by atoms with Gasteiger partial charge in [0.2, 0.25) is 0 Å². The van der Waals surface area contributed by atoms with Crippen molar-refractivity contribution in [3.8, 4) is 0 Å². The van der Waals surface area contributed by atoms with Crippen molar-refractivity contribution in [1.82, 2.24) is 9.80 Å². The summed E-state index contributed by atoms with van der Waals surface area (Å²) in [5.41, 5.74) is 2.68. The topological polar surface area (TPSA) is 74.8 Å². The summed E-state index contributed by atoms with van der Waals surface area (Å²) in [6.07, 6.45) is 5.08. The van der Waals surface area contributed by atoms with Crippen molar-refractivity contribution in [1.29, 1.82) is 0 Å². The number of carbonyl (C=O) groups excluding carboxylic acids is 4. The fourth-order valence-corrected chi connectivity index (χ4v) is 5.62. The Bertz CT molecular complexity index is 747. The molecular weight excluding hydrogens is 364 g/mol. The average molecular weight is 388 g/mol. The number of imide groups is 2. The van der Waals surface area contributed by atoms with Gasteiger partial charge in [0, 0.05) is 22.3 Å². The second-order valence-corrected chi connectivity index (χ2v) is 8.83. The van der Waals surface area contributed by atoms with E-state index in [1.165, 1.54) is 21.6 Å². The lowest BCUT2D eigenvalue weighted by Gasteiger charge is -2.19. The molecule has 27 heavy (non-hydrogen) atoms. The highest BCUT2D eigenvalue weighted by Crippen LogP contribution is 2.39. The summed E-state index contributed by atoms with van der Waals surface area (Å²) in [4.78, 5) is 53.0. The molecule has 0 aromatic rings. The van der Waals surface area contributed by atoms with Gasteiger partial charge in [0.25, 0.3) is 23.6 Å². The Morgan fingerprint density at radius 1 is 0.741 bits per heavy atom. The summed E-state index contributed by atoms with van der Waals surface area (Å²) >= 11 is 1.27. The van der Waals surface area contributed by atoms with E-state index in [2.05, 4.69) is 0 Å².